The van der Waals surface area contributed by atoms with E-state index in [4.69, 9.17) is 26.1 Å². The third kappa shape index (κ3) is 7.78. The smallest absolute Gasteiger partial charge is 0.169 e. The topological polar surface area (TPSA) is 59.8 Å². The van der Waals surface area contributed by atoms with E-state index in [0.717, 1.165) is 73.8 Å². The van der Waals surface area contributed by atoms with Crippen molar-refractivity contribution < 1.29 is 14.6 Å². The van der Waals surface area contributed by atoms with Crippen LogP contribution in [0, 0.1) is 0 Å². The largest absolute Gasteiger partial charge is 0.504 e. The Morgan fingerprint density at radius 2 is 1.62 bits per heavy atom. The van der Waals surface area contributed by atoms with Crippen LogP contribution in [0.3, 0.4) is 0 Å². The van der Waals surface area contributed by atoms with Gasteiger partial charge in [-0.2, -0.15) is 0 Å². The fourth-order valence-electron chi connectivity index (χ4n) is 4.41. The van der Waals surface area contributed by atoms with Crippen LogP contribution in [0.5, 0.6) is 23.0 Å². The molecule has 4 rings (SSSR count). The minimum atomic E-state index is 0.00345. The van der Waals surface area contributed by atoms with Gasteiger partial charge in [0.05, 0.1) is 12.3 Å². The second kappa shape index (κ2) is 14.1. The highest BCUT2D eigenvalue weighted by molar-refractivity contribution is 6.30. The van der Waals surface area contributed by atoms with Crippen LogP contribution in [-0.2, 0) is 6.42 Å². The number of unbranched alkanes of at least 4 members (excludes halogenated alkanes) is 1. The molecule has 0 atom stereocenters. The summed E-state index contributed by atoms with van der Waals surface area (Å²) in [4.78, 5) is 7.39. The Morgan fingerprint density at radius 1 is 0.897 bits per heavy atom. The van der Waals surface area contributed by atoms with E-state index in [0.29, 0.717) is 23.1 Å². The first-order valence-electron chi connectivity index (χ1n) is 13.8. The van der Waals surface area contributed by atoms with Gasteiger partial charge in [-0.15, -0.1) is 0 Å². The van der Waals surface area contributed by atoms with E-state index < -0.39 is 0 Å². The van der Waals surface area contributed by atoms with Gasteiger partial charge >= 0.3 is 0 Å². The average Bonchev–Trinajstić information content (AvgIpc) is 3.38. The summed E-state index contributed by atoms with van der Waals surface area (Å²) in [7, 11) is 0. The Morgan fingerprint density at radius 3 is 2.28 bits per heavy atom. The van der Waals surface area contributed by atoms with E-state index in [2.05, 4.69) is 48.6 Å². The number of hydrogen-bond donors (Lipinski definition) is 1. The van der Waals surface area contributed by atoms with Gasteiger partial charge in [-0.25, -0.2) is 4.98 Å². The number of phenolic OH excluding ortho intramolecular Hbond substituents is 1. The molecule has 0 radical (unpaired) electrons. The highest BCUT2D eigenvalue weighted by Crippen LogP contribution is 2.33. The number of ether oxygens (including phenoxy) is 2. The summed E-state index contributed by atoms with van der Waals surface area (Å²) >= 11 is 5.93. The molecule has 206 valence electrons. The first kappa shape index (κ1) is 28.5. The average molecular weight is 548 g/mol. The van der Waals surface area contributed by atoms with Crippen LogP contribution in [0.25, 0.3) is 16.9 Å². The third-order valence-electron chi connectivity index (χ3n) is 6.73. The van der Waals surface area contributed by atoms with Gasteiger partial charge in [0.2, 0.25) is 0 Å². The lowest BCUT2D eigenvalue weighted by Crippen LogP contribution is -2.25. The van der Waals surface area contributed by atoms with Gasteiger partial charge in [0, 0.05) is 41.5 Å². The minimum Gasteiger partial charge on any atom is -0.504 e. The SMILES string of the molecule is CCCCc1nc(-c2ccc(OCCCN(CC)CC)cc2)cn1-c1ccc(Oc2ccc(Cl)cc2O)cc1. The van der Waals surface area contributed by atoms with Crippen molar-refractivity contribution in [1.29, 1.82) is 0 Å². The van der Waals surface area contributed by atoms with Crippen LogP contribution in [0.2, 0.25) is 5.02 Å². The monoisotopic (exact) mass is 547 g/mol. The number of hydrogen-bond acceptors (Lipinski definition) is 5. The van der Waals surface area contributed by atoms with Crippen molar-refractivity contribution in [2.75, 3.05) is 26.2 Å². The van der Waals surface area contributed by atoms with E-state index in [1.165, 1.54) is 6.07 Å². The molecule has 0 saturated heterocycles. The molecule has 1 heterocycles. The van der Waals surface area contributed by atoms with Crippen LogP contribution in [-0.4, -0.2) is 45.8 Å². The van der Waals surface area contributed by atoms with Gasteiger partial charge in [0.25, 0.3) is 0 Å². The van der Waals surface area contributed by atoms with Gasteiger partial charge in [0.15, 0.2) is 11.5 Å². The number of nitrogens with zero attached hydrogens (tertiary/aromatic N) is 3. The Bertz CT molecular complexity index is 1320. The van der Waals surface area contributed by atoms with Crippen molar-refractivity contribution in [1.82, 2.24) is 14.5 Å². The molecule has 0 bridgehead atoms. The van der Waals surface area contributed by atoms with Crippen molar-refractivity contribution in [2.45, 2.75) is 46.5 Å². The molecule has 1 N–H and O–H groups in total. The van der Waals surface area contributed by atoms with Gasteiger partial charge in [-0.05, 0) is 86.6 Å². The Balaban J connectivity index is 1.46. The lowest BCUT2D eigenvalue weighted by Gasteiger charge is -2.17. The Kier molecular flexibility index (Phi) is 10.3. The fraction of sp³-hybridized carbons (Fsp3) is 0.344. The summed E-state index contributed by atoms with van der Waals surface area (Å²) in [6.07, 6.45) is 6.15. The number of imidazole rings is 1. The predicted molar refractivity (Wildman–Crippen MR) is 159 cm³/mol. The van der Waals surface area contributed by atoms with Gasteiger partial charge in [0.1, 0.15) is 17.3 Å². The molecule has 0 aliphatic rings. The molecule has 0 aliphatic heterocycles. The van der Waals surface area contributed by atoms with E-state index in [-0.39, 0.29) is 5.75 Å². The summed E-state index contributed by atoms with van der Waals surface area (Å²) in [6.45, 7) is 10.5. The maximum atomic E-state index is 10.1. The highest BCUT2D eigenvalue weighted by Gasteiger charge is 2.12. The van der Waals surface area contributed by atoms with Crippen LogP contribution in [0.1, 0.15) is 45.9 Å². The molecule has 0 amide bonds. The summed E-state index contributed by atoms with van der Waals surface area (Å²) in [5, 5.41) is 10.6. The molecule has 7 heteroatoms. The molecule has 6 nitrogen and oxygen atoms in total. The maximum Gasteiger partial charge on any atom is 0.169 e. The van der Waals surface area contributed by atoms with E-state index in [1.807, 2.05) is 36.4 Å². The van der Waals surface area contributed by atoms with Crippen molar-refractivity contribution in [3.05, 3.63) is 83.8 Å². The molecule has 3 aromatic carbocycles. The summed E-state index contributed by atoms with van der Waals surface area (Å²) < 4.78 is 14.0. The fourth-order valence-corrected chi connectivity index (χ4v) is 4.58. The normalized spacial score (nSPS) is 11.2. The first-order valence-corrected chi connectivity index (χ1v) is 14.2. The highest BCUT2D eigenvalue weighted by atomic mass is 35.5. The lowest BCUT2D eigenvalue weighted by atomic mass is 10.1. The van der Waals surface area contributed by atoms with E-state index in [1.54, 1.807) is 12.1 Å². The molecule has 0 unspecified atom stereocenters. The molecule has 0 saturated carbocycles. The van der Waals surface area contributed by atoms with Crippen molar-refractivity contribution in [3.8, 4) is 39.9 Å². The molecule has 0 aliphatic carbocycles. The second-order valence-electron chi connectivity index (χ2n) is 9.48. The number of aromatic hydroxyl groups is 1. The molecule has 1 aromatic heterocycles. The van der Waals surface area contributed by atoms with Crippen molar-refractivity contribution in [3.63, 3.8) is 0 Å². The molecule has 4 aromatic rings. The van der Waals surface area contributed by atoms with Crippen LogP contribution in [0.4, 0.5) is 0 Å². The summed E-state index contributed by atoms with van der Waals surface area (Å²) in [6, 6.07) is 20.8. The summed E-state index contributed by atoms with van der Waals surface area (Å²) in [5.41, 5.74) is 2.99. The Hall–Kier alpha value is -3.48. The number of aryl methyl sites for hydroxylation is 1. The maximum absolute atomic E-state index is 10.1. The quantitative estimate of drug-likeness (QED) is 0.161. The zero-order chi connectivity index (χ0) is 27.6. The lowest BCUT2D eigenvalue weighted by molar-refractivity contribution is 0.249. The minimum absolute atomic E-state index is 0.00345. The zero-order valence-corrected chi connectivity index (χ0v) is 23.8. The molecule has 0 fully saturated rings. The standard InChI is InChI=1S/C32H38ClN3O3/c1-4-7-9-32-34-29(24-10-15-27(16-11-24)38-21-8-20-35(5-2)6-3)23-36(32)26-13-17-28(18-14-26)39-31-19-12-25(33)22-30(31)37/h10-19,22-23,37H,4-9,20-21H2,1-3H3. The number of aromatic nitrogens is 2. The van der Waals surface area contributed by atoms with Crippen molar-refractivity contribution >= 4 is 11.6 Å². The van der Waals surface area contributed by atoms with Crippen LogP contribution in [0.15, 0.2) is 72.9 Å². The number of phenols is 1. The zero-order valence-electron chi connectivity index (χ0n) is 23.1. The number of rotatable bonds is 14. The van der Waals surface area contributed by atoms with Crippen molar-refractivity contribution in [2.24, 2.45) is 0 Å². The molecular formula is C32H38ClN3O3. The number of halogens is 1. The second-order valence-corrected chi connectivity index (χ2v) is 9.91. The van der Waals surface area contributed by atoms with E-state index in [9.17, 15) is 5.11 Å². The molecule has 0 spiro atoms. The molecule has 39 heavy (non-hydrogen) atoms. The molecular weight excluding hydrogens is 510 g/mol. The third-order valence-corrected chi connectivity index (χ3v) is 6.96. The summed E-state index contributed by atoms with van der Waals surface area (Å²) in [5.74, 6) is 2.89. The van der Waals surface area contributed by atoms with Crippen LogP contribution >= 0.6 is 11.6 Å². The van der Waals surface area contributed by atoms with Gasteiger partial charge in [-0.1, -0.05) is 38.8 Å². The van der Waals surface area contributed by atoms with Crippen LogP contribution < -0.4 is 9.47 Å². The van der Waals surface area contributed by atoms with E-state index >= 15 is 0 Å². The predicted octanol–water partition coefficient (Wildman–Crippen LogP) is 8.14. The Labute approximate surface area is 236 Å². The first-order chi connectivity index (χ1) is 19.0. The van der Waals surface area contributed by atoms with Gasteiger partial charge < -0.3 is 24.0 Å². The van der Waals surface area contributed by atoms with Gasteiger partial charge in [-0.3, -0.25) is 0 Å². The number of benzene rings is 3.